The highest BCUT2D eigenvalue weighted by atomic mass is 16.5. The van der Waals surface area contributed by atoms with E-state index in [1.54, 1.807) is 7.11 Å². The van der Waals surface area contributed by atoms with Crippen molar-refractivity contribution in [1.82, 2.24) is 4.98 Å². The molecule has 0 radical (unpaired) electrons. The molecule has 1 heterocycles. The second kappa shape index (κ2) is 6.89. The molecule has 5 heteroatoms. The maximum atomic E-state index is 11.6. The minimum Gasteiger partial charge on any atom is -0.478 e. The van der Waals surface area contributed by atoms with Gasteiger partial charge in [-0.3, -0.25) is 0 Å². The number of rotatable bonds is 6. The van der Waals surface area contributed by atoms with Gasteiger partial charge in [-0.2, -0.15) is 0 Å². The van der Waals surface area contributed by atoms with Crippen LogP contribution in [0.4, 0.5) is 5.82 Å². The average Bonchev–Trinajstić information content (AvgIpc) is 2.47. The van der Waals surface area contributed by atoms with Crippen LogP contribution in [0.2, 0.25) is 0 Å². The van der Waals surface area contributed by atoms with Gasteiger partial charge in [-0.1, -0.05) is 0 Å². The molecule has 1 aromatic heterocycles. The van der Waals surface area contributed by atoms with Crippen molar-refractivity contribution < 1.29 is 14.6 Å². The highest BCUT2D eigenvalue weighted by Crippen LogP contribution is 2.28. The number of nitrogens with zero attached hydrogens (tertiary/aromatic N) is 2. The molecular weight excluding hydrogens is 268 g/mol. The van der Waals surface area contributed by atoms with E-state index in [2.05, 4.69) is 0 Å². The van der Waals surface area contributed by atoms with E-state index in [1.165, 1.54) is 0 Å². The number of anilines is 1. The summed E-state index contributed by atoms with van der Waals surface area (Å²) in [6.45, 7) is 5.29. The lowest BCUT2D eigenvalue weighted by atomic mass is 9.94. The Morgan fingerprint density at radius 2 is 2.19 bits per heavy atom. The SMILES string of the molecule is CCN(c1nc2c(cc1C(=O)O)CCCC2)C(C)COC. The maximum Gasteiger partial charge on any atom is 0.339 e. The third-order valence-electron chi connectivity index (χ3n) is 4.06. The third kappa shape index (κ3) is 3.35. The minimum atomic E-state index is -0.908. The summed E-state index contributed by atoms with van der Waals surface area (Å²) in [7, 11) is 1.66. The van der Waals surface area contributed by atoms with Crippen molar-refractivity contribution >= 4 is 11.8 Å². The zero-order valence-electron chi connectivity index (χ0n) is 13.1. The Morgan fingerprint density at radius 1 is 1.48 bits per heavy atom. The monoisotopic (exact) mass is 292 g/mol. The number of fused-ring (bicyclic) bond motifs is 1. The zero-order valence-corrected chi connectivity index (χ0v) is 13.1. The molecule has 1 N–H and O–H groups in total. The summed E-state index contributed by atoms with van der Waals surface area (Å²) >= 11 is 0. The van der Waals surface area contributed by atoms with Gasteiger partial charge in [0.2, 0.25) is 0 Å². The molecule has 0 saturated heterocycles. The molecule has 0 aliphatic heterocycles. The molecule has 21 heavy (non-hydrogen) atoms. The third-order valence-corrected chi connectivity index (χ3v) is 4.06. The number of pyridine rings is 1. The summed E-state index contributed by atoms with van der Waals surface area (Å²) in [4.78, 5) is 18.3. The Kier molecular flexibility index (Phi) is 5.17. The first-order valence-electron chi connectivity index (χ1n) is 7.60. The first-order chi connectivity index (χ1) is 10.1. The molecule has 2 rings (SSSR count). The van der Waals surface area contributed by atoms with Crippen molar-refractivity contribution in [1.29, 1.82) is 0 Å². The Labute approximate surface area is 125 Å². The van der Waals surface area contributed by atoms with Crippen LogP contribution in [0.25, 0.3) is 0 Å². The van der Waals surface area contributed by atoms with Crippen LogP contribution in [-0.2, 0) is 17.6 Å². The number of likely N-dealkylation sites (N-methyl/N-ethyl adjacent to an activating group) is 1. The van der Waals surface area contributed by atoms with Gasteiger partial charge in [0, 0.05) is 19.3 Å². The summed E-state index contributed by atoms with van der Waals surface area (Å²) in [5.74, 6) is -0.329. The van der Waals surface area contributed by atoms with Crippen LogP contribution in [0, 0.1) is 0 Å². The normalized spacial score (nSPS) is 15.4. The molecule has 1 aliphatic carbocycles. The van der Waals surface area contributed by atoms with E-state index in [-0.39, 0.29) is 6.04 Å². The lowest BCUT2D eigenvalue weighted by molar-refractivity contribution is 0.0696. The number of aromatic carboxylic acids is 1. The number of hydrogen-bond donors (Lipinski definition) is 1. The average molecular weight is 292 g/mol. The van der Waals surface area contributed by atoms with Crippen LogP contribution in [-0.4, -0.2) is 42.4 Å². The first kappa shape index (κ1) is 15.8. The van der Waals surface area contributed by atoms with Crippen molar-refractivity contribution in [2.45, 2.75) is 45.6 Å². The quantitative estimate of drug-likeness (QED) is 0.873. The lowest BCUT2D eigenvalue weighted by Gasteiger charge is -2.31. The van der Waals surface area contributed by atoms with Gasteiger partial charge in [0.25, 0.3) is 0 Å². The van der Waals surface area contributed by atoms with Crippen molar-refractivity contribution in [2.24, 2.45) is 0 Å². The number of carboxylic acid groups (broad SMARTS) is 1. The van der Waals surface area contributed by atoms with Crippen LogP contribution in [0.3, 0.4) is 0 Å². The molecule has 0 spiro atoms. The number of carboxylic acids is 1. The molecule has 1 atom stereocenters. The fraction of sp³-hybridized carbons (Fsp3) is 0.625. The molecule has 0 amide bonds. The molecule has 1 aliphatic rings. The van der Waals surface area contributed by atoms with E-state index in [4.69, 9.17) is 9.72 Å². The summed E-state index contributed by atoms with van der Waals surface area (Å²) in [5.41, 5.74) is 2.46. The van der Waals surface area contributed by atoms with Crippen LogP contribution in [0.15, 0.2) is 6.07 Å². The highest BCUT2D eigenvalue weighted by Gasteiger charge is 2.24. The number of hydrogen-bond acceptors (Lipinski definition) is 4. The Bertz CT molecular complexity index is 516. The molecule has 1 unspecified atom stereocenters. The fourth-order valence-corrected chi connectivity index (χ4v) is 3.00. The van der Waals surface area contributed by atoms with Crippen LogP contribution in [0.5, 0.6) is 0 Å². The van der Waals surface area contributed by atoms with E-state index >= 15 is 0 Å². The molecule has 0 fully saturated rings. The zero-order chi connectivity index (χ0) is 15.4. The number of aromatic nitrogens is 1. The summed E-state index contributed by atoms with van der Waals surface area (Å²) in [6, 6.07) is 1.91. The Balaban J connectivity index is 2.46. The van der Waals surface area contributed by atoms with E-state index in [0.717, 1.165) is 36.9 Å². The predicted molar refractivity (Wildman–Crippen MR) is 82.2 cm³/mol. The second-order valence-electron chi connectivity index (χ2n) is 5.57. The van der Waals surface area contributed by atoms with Gasteiger partial charge in [0.15, 0.2) is 0 Å². The number of aryl methyl sites for hydroxylation is 2. The summed E-state index contributed by atoms with van der Waals surface area (Å²) < 4.78 is 5.20. The highest BCUT2D eigenvalue weighted by molar-refractivity contribution is 5.93. The van der Waals surface area contributed by atoms with Crippen LogP contribution >= 0.6 is 0 Å². The molecule has 1 aromatic rings. The lowest BCUT2D eigenvalue weighted by Crippen LogP contribution is -2.38. The molecule has 0 aromatic carbocycles. The summed E-state index contributed by atoms with van der Waals surface area (Å²) in [5, 5.41) is 9.53. The van der Waals surface area contributed by atoms with Crippen molar-refractivity contribution in [3.8, 4) is 0 Å². The fourth-order valence-electron chi connectivity index (χ4n) is 3.00. The topological polar surface area (TPSA) is 62.7 Å². The molecular formula is C16H24N2O3. The van der Waals surface area contributed by atoms with E-state index in [1.807, 2.05) is 24.8 Å². The van der Waals surface area contributed by atoms with Gasteiger partial charge < -0.3 is 14.7 Å². The largest absolute Gasteiger partial charge is 0.478 e. The number of methoxy groups -OCH3 is 1. The number of carbonyl (C=O) groups is 1. The van der Waals surface area contributed by atoms with Gasteiger partial charge in [-0.15, -0.1) is 0 Å². The molecule has 116 valence electrons. The van der Waals surface area contributed by atoms with E-state index in [0.29, 0.717) is 24.5 Å². The maximum absolute atomic E-state index is 11.6. The number of ether oxygens (including phenoxy) is 1. The van der Waals surface area contributed by atoms with Crippen molar-refractivity contribution in [3.63, 3.8) is 0 Å². The standard InChI is InChI=1S/C16H24N2O3/c1-4-18(11(2)10-21-3)15-13(16(19)20)9-12-7-5-6-8-14(12)17-15/h9,11H,4-8,10H2,1-3H3,(H,19,20). The molecule has 0 saturated carbocycles. The van der Waals surface area contributed by atoms with Gasteiger partial charge in [-0.25, -0.2) is 9.78 Å². The minimum absolute atomic E-state index is 0.0900. The van der Waals surface area contributed by atoms with Crippen LogP contribution < -0.4 is 4.90 Å². The molecule has 5 nitrogen and oxygen atoms in total. The second-order valence-corrected chi connectivity index (χ2v) is 5.57. The smallest absolute Gasteiger partial charge is 0.339 e. The predicted octanol–water partition coefficient (Wildman–Crippen LogP) is 2.52. The Morgan fingerprint density at radius 3 is 2.81 bits per heavy atom. The molecule has 0 bridgehead atoms. The van der Waals surface area contributed by atoms with Crippen LogP contribution in [0.1, 0.15) is 48.3 Å². The van der Waals surface area contributed by atoms with Gasteiger partial charge in [0.05, 0.1) is 12.6 Å². The van der Waals surface area contributed by atoms with Gasteiger partial charge in [0.1, 0.15) is 11.4 Å². The van der Waals surface area contributed by atoms with Crippen molar-refractivity contribution in [2.75, 3.05) is 25.2 Å². The van der Waals surface area contributed by atoms with E-state index in [9.17, 15) is 9.90 Å². The summed E-state index contributed by atoms with van der Waals surface area (Å²) in [6.07, 6.45) is 4.12. The Hall–Kier alpha value is -1.62. The van der Waals surface area contributed by atoms with E-state index < -0.39 is 5.97 Å². The van der Waals surface area contributed by atoms with Gasteiger partial charge in [-0.05, 0) is 51.2 Å². The van der Waals surface area contributed by atoms with Gasteiger partial charge >= 0.3 is 5.97 Å². The van der Waals surface area contributed by atoms with Crippen molar-refractivity contribution in [3.05, 3.63) is 22.9 Å². The first-order valence-corrected chi connectivity index (χ1v) is 7.60.